The maximum Gasteiger partial charge on any atom is 0.165 e. The first-order valence-corrected chi connectivity index (χ1v) is 5.36. The third-order valence-corrected chi connectivity index (χ3v) is 2.19. The van der Waals surface area contributed by atoms with Gasteiger partial charge in [-0.25, -0.2) is 4.98 Å². The van der Waals surface area contributed by atoms with Gasteiger partial charge in [-0.05, 0) is 6.92 Å². The van der Waals surface area contributed by atoms with Crippen LogP contribution in [0.2, 0.25) is 0 Å². The van der Waals surface area contributed by atoms with E-state index in [1.807, 2.05) is 17.7 Å². The molecule has 1 aromatic heterocycles. The van der Waals surface area contributed by atoms with E-state index in [2.05, 4.69) is 4.98 Å². The van der Waals surface area contributed by atoms with Crippen LogP contribution in [0.1, 0.15) is 12.7 Å². The molecule has 0 N–H and O–H groups in total. The normalized spacial score (nSPS) is 10.6. The van der Waals surface area contributed by atoms with Gasteiger partial charge >= 0.3 is 0 Å². The third kappa shape index (κ3) is 4.12. The Hall–Kier alpha value is -1.20. The fraction of sp³-hybridized carbons (Fsp3) is 0.636. The highest BCUT2D eigenvalue weighted by atomic mass is 16.5. The predicted octanol–water partition coefficient (Wildman–Crippen LogP) is 0.678. The van der Waals surface area contributed by atoms with Gasteiger partial charge in [0, 0.05) is 26.0 Å². The van der Waals surface area contributed by atoms with E-state index in [1.165, 1.54) is 0 Å². The van der Waals surface area contributed by atoms with Crippen LogP contribution < -0.4 is 0 Å². The lowest BCUT2D eigenvalue weighted by atomic mass is 10.3. The Kier molecular flexibility index (Phi) is 5.74. The summed E-state index contributed by atoms with van der Waals surface area (Å²) in [5.41, 5.74) is 0. The van der Waals surface area contributed by atoms with Gasteiger partial charge in [0.05, 0.1) is 19.6 Å². The molecule has 0 bridgehead atoms. The Morgan fingerprint density at radius 2 is 2.31 bits per heavy atom. The van der Waals surface area contributed by atoms with Gasteiger partial charge in [-0.3, -0.25) is 4.79 Å². The second kappa shape index (κ2) is 7.14. The molecule has 0 atom stereocenters. The number of rotatable bonds is 8. The van der Waals surface area contributed by atoms with Crippen molar-refractivity contribution in [3.05, 3.63) is 18.2 Å². The molecule has 0 fully saturated rings. The first kappa shape index (κ1) is 12.9. The van der Waals surface area contributed by atoms with E-state index in [1.54, 1.807) is 13.3 Å². The highest BCUT2D eigenvalue weighted by molar-refractivity contribution is 5.81. The summed E-state index contributed by atoms with van der Waals surface area (Å²) in [5.74, 6) is 0.833. The zero-order valence-electron chi connectivity index (χ0n) is 9.81. The number of aromatic nitrogens is 2. The summed E-state index contributed by atoms with van der Waals surface area (Å²) in [7, 11) is 1.60. The van der Waals surface area contributed by atoms with Crippen LogP contribution in [0.5, 0.6) is 0 Å². The molecule has 1 heterocycles. The van der Waals surface area contributed by atoms with Crippen molar-refractivity contribution in [2.45, 2.75) is 19.9 Å². The maximum atomic E-state index is 11.5. The summed E-state index contributed by atoms with van der Waals surface area (Å²) in [6.07, 6.45) is 3.90. The Balaban J connectivity index is 2.28. The smallest absolute Gasteiger partial charge is 0.165 e. The number of nitrogens with zero attached hydrogens (tertiary/aromatic N) is 2. The number of carbonyl (C=O) groups is 1. The first-order chi connectivity index (χ1) is 7.77. The van der Waals surface area contributed by atoms with Gasteiger partial charge in [-0.2, -0.15) is 0 Å². The molecule has 5 nitrogen and oxygen atoms in total. The van der Waals surface area contributed by atoms with Crippen LogP contribution >= 0.6 is 0 Å². The molecule has 5 heteroatoms. The summed E-state index contributed by atoms with van der Waals surface area (Å²) in [6, 6.07) is 0. The lowest BCUT2D eigenvalue weighted by Crippen LogP contribution is -2.16. The average Bonchev–Trinajstić information content (AvgIpc) is 2.71. The van der Waals surface area contributed by atoms with Gasteiger partial charge in [0.15, 0.2) is 5.78 Å². The minimum absolute atomic E-state index is 0.0389. The number of hydrogen-bond acceptors (Lipinski definition) is 4. The second-order valence-corrected chi connectivity index (χ2v) is 3.39. The zero-order chi connectivity index (χ0) is 11.8. The molecule has 16 heavy (non-hydrogen) atoms. The predicted molar refractivity (Wildman–Crippen MR) is 59.3 cm³/mol. The van der Waals surface area contributed by atoms with E-state index in [4.69, 9.17) is 9.47 Å². The molecular weight excluding hydrogens is 208 g/mol. The SMILES string of the molecule is CCn1ccnc1CC(=O)COCCOC. The highest BCUT2D eigenvalue weighted by Gasteiger charge is 2.08. The topological polar surface area (TPSA) is 53.4 Å². The highest BCUT2D eigenvalue weighted by Crippen LogP contribution is 1.99. The summed E-state index contributed by atoms with van der Waals surface area (Å²) in [6.45, 7) is 3.93. The first-order valence-electron chi connectivity index (χ1n) is 5.36. The summed E-state index contributed by atoms with van der Waals surface area (Å²) >= 11 is 0. The van der Waals surface area contributed by atoms with Crippen molar-refractivity contribution in [3.63, 3.8) is 0 Å². The van der Waals surface area contributed by atoms with Crippen molar-refractivity contribution in [1.29, 1.82) is 0 Å². The molecule has 0 unspecified atom stereocenters. The van der Waals surface area contributed by atoms with E-state index in [0.717, 1.165) is 12.4 Å². The third-order valence-electron chi connectivity index (χ3n) is 2.19. The molecule has 1 aromatic rings. The van der Waals surface area contributed by atoms with Gasteiger partial charge in [0.2, 0.25) is 0 Å². The Labute approximate surface area is 95.4 Å². The number of aryl methyl sites for hydroxylation is 1. The summed E-state index contributed by atoms with van der Waals surface area (Å²) in [4.78, 5) is 15.7. The lowest BCUT2D eigenvalue weighted by molar-refractivity contribution is -0.123. The van der Waals surface area contributed by atoms with Crippen molar-refractivity contribution in [2.75, 3.05) is 26.9 Å². The lowest BCUT2D eigenvalue weighted by Gasteiger charge is -2.05. The standard InChI is InChI=1S/C11H18N2O3/c1-3-13-5-4-12-11(13)8-10(14)9-16-7-6-15-2/h4-5H,3,6-9H2,1-2H3. The molecule has 90 valence electrons. The van der Waals surface area contributed by atoms with E-state index >= 15 is 0 Å². The number of Topliss-reactive ketones (excluding diaryl/α,β-unsaturated/α-hetero) is 1. The van der Waals surface area contributed by atoms with Crippen LogP contribution in [-0.2, 0) is 27.2 Å². The monoisotopic (exact) mass is 226 g/mol. The Morgan fingerprint density at radius 3 is 3.00 bits per heavy atom. The molecule has 0 aliphatic heterocycles. The number of methoxy groups -OCH3 is 1. The van der Waals surface area contributed by atoms with Crippen LogP contribution in [0.15, 0.2) is 12.4 Å². The minimum Gasteiger partial charge on any atom is -0.382 e. The van der Waals surface area contributed by atoms with Gasteiger partial charge < -0.3 is 14.0 Å². The molecule has 0 spiro atoms. The second-order valence-electron chi connectivity index (χ2n) is 3.39. The fourth-order valence-corrected chi connectivity index (χ4v) is 1.35. The van der Waals surface area contributed by atoms with Gasteiger partial charge in [0.25, 0.3) is 0 Å². The van der Waals surface area contributed by atoms with Gasteiger partial charge in [0.1, 0.15) is 12.4 Å². The molecule has 0 aromatic carbocycles. The molecule has 0 radical (unpaired) electrons. The largest absolute Gasteiger partial charge is 0.382 e. The van der Waals surface area contributed by atoms with Crippen molar-refractivity contribution in [2.24, 2.45) is 0 Å². The van der Waals surface area contributed by atoms with Crippen molar-refractivity contribution >= 4 is 5.78 Å². The summed E-state index contributed by atoms with van der Waals surface area (Å²) < 4.78 is 11.9. The van der Waals surface area contributed by atoms with Crippen molar-refractivity contribution in [3.8, 4) is 0 Å². The number of imidazole rings is 1. The molecule has 0 saturated carbocycles. The van der Waals surface area contributed by atoms with Crippen LogP contribution in [-0.4, -0.2) is 42.3 Å². The van der Waals surface area contributed by atoms with E-state index in [9.17, 15) is 4.79 Å². The number of carbonyl (C=O) groups excluding carboxylic acids is 1. The maximum absolute atomic E-state index is 11.5. The molecule has 0 aliphatic carbocycles. The minimum atomic E-state index is 0.0389. The van der Waals surface area contributed by atoms with Crippen LogP contribution in [0.4, 0.5) is 0 Å². The van der Waals surface area contributed by atoms with E-state index in [-0.39, 0.29) is 12.4 Å². The fourth-order valence-electron chi connectivity index (χ4n) is 1.35. The molecule has 0 saturated heterocycles. The van der Waals surface area contributed by atoms with Crippen LogP contribution in [0.3, 0.4) is 0 Å². The Bertz CT molecular complexity index is 323. The molecule has 0 amide bonds. The van der Waals surface area contributed by atoms with Gasteiger partial charge in [-0.15, -0.1) is 0 Å². The van der Waals surface area contributed by atoms with E-state index in [0.29, 0.717) is 19.6 Å². The van der Waals surface area contributed by atoms with Crippen molar-refractivity contribution in [1.82, 2.24) is 9.55 Å². The average molecular weight is 226 g/mol. The summed E-state index contributed by atoms with van der Waals surface area (Å²) in [5, 5.41) is 0. The Morgan fingerprint density at radius 1 is 1.50 bits per heavy atom. The zero-order valence-corrected chi connectivity index (χ0v) is 9.81. The molecule has 1 rings (SSSR count). The van der Waals surface area contributed by atoms with Crippen LogP contribution in [0.25, 0.3) is 0 Å². The number of ether oxygens (including phenoxy) is 2. The quantitative estimate of drug-likeness (QED) is 0.612. The van der Waals surface area contributed by atoms with Gasteiger partial charge in [-0.1, -0.05) is 0 Å². The number of ketones is 1. The van der Waals surface area contributed by atoms with Crippen molar-refractivity contribution < 1.29 is 14.3 Å². The molecule has 0 aliphatic rings. The van der Waals surface area contributed by atoms with E-state index < -0.39 is 0 Å². The number of hydrogen-bond donors (Lipinski definition) is 0. The van der Waals surface area contributed by atoms with Crippen LogP contribution in [0, 0.1) is 0 Å². The molecular formula is C11H18N2O3.